The van der Waals surface area contributed by atoms with Crippen LogP contribution in [0.25, 0.3) is 11.0 Å². The number of nitrogens with zero attached hydrogens (tertiary/aromatic N) is 2. The normalized spacial score (nSPS) is 21.2. The Bertz CT molecular complexity index is 557. The van der Waals surface area contributed by atoms with E-state index in [4.69, 9.17) is 4.98 Å². The lowest BCUT2D eigenvalue weighted by Gasteiger charge is -2.30. The Labute approximate surface area is 112 Å². The van der Waals surface area contributed by atoms with Gasteiger partial charge in [-0.15, -0.1) is 0 Å². The van der Waals surface area contributed by atoms with E-state index in [0.29, 0.717) is 11.8 Å². The predicted molar refractivity (Wildman–Crippen MR) is 77.3 cm³/mol. The second-order valence-electron chi connectivity index (χ2n) is 5.35. The molecule has 18 heavy (non-hydrogen) atoms. The van der Waals surface area contributed by atoms with Crippen molar-refractivity contribution in [2.75, 3.05) is 5.75 Å². The fourth-order valence-electron chi connectivity index (χ4n) is 2.40. The number of nitrogens with one attached hydrogen (secondary N) is 1. The van der Waals surface area contributed by atoms with Crippen molar-refractivity contribution < 1.29 is 0 Å². The molecule has 3 rings (SSSR count). The van der Waals surface area contributed by atoms with Gasteiger partial charge in [0.25, 0.3) is 0 Å². The van der Waals surface area contributed by atoms with Crippen LogP contribution in [0.1, 0.15) is 50.5 Å². The lowest BCUT2D eigenvalue weighted by molar-refractivity contribution is 0.634. The van der Waals surface area contributed by atoms with Gasteiger partial charge in [-0.3, -0.25) is 0 Å². The molecule has 1 saturated heterocycles. The highest BCUT2D eigenvalue weighted by Crippen LogP contribution is 2.40. The molecule has 3 nitrogen and oxygen atoms in total. The van der Waals surface area contributed by atoms with Crippen LogP contribution < -0.4 is 0 Å². The van der Waals surface area contributed by atoms with E-state index in [1.54, 1.807) is 0 Å². The molecule has 0 aromatic carbocycles. The van der Waals surface area contributed by atoms with Gasteiger partial charge in [-0.25, -0.2) is 9.97 Å². The minimum absolute atomic E-state index is 0.379. The van der Waals surface area contributed by atoms with E-state index in [0.717, 1.165) is 22.1 Å². The van der Waals surface area contributed by atoms with Gasteiger partial charge in [0.15, 0.2) is 0 Å². The number of H-pyrrole nitrogens is 1. The summed E-state index contributed by atoms with van der Waals surface area (Å²) in [7, 11) is 0. The van der Waals surface area contributed by atoms with Gasteiger partial charge in [0, 0.05) is 23.3 Å². The molecular formula is C14H19N3S. The Morgan fingerprint density at radius 1 is 1.33 bits per heavy atom. The quantitative estimate of drug-likeness (QED) is 0.916. The van der Waals surface area contributed by atoms with E-state index < -0.39 is 0 Å². The maximum absolute atomic E-state index is 4.82. The summed E-state index contributed by atoms with van der Waals surface area (Å²) in [4.78, 5) is 12.8. The first kappa shape index (κ1) is 12.0. The first-order valence-corrected chi connectivity index (χ1v) is 7.68. The van der Waals surface area contributed by atoms with Crippen molar-refractivity contribution in [3.05, 3.63) is 23.8 Å². The third-order valence-corrected chi connectivity index (χ3v) is 5.23. The highest BCUT2D eigenvalue weighted by molar-refractivity contribution is 8.01. The molecule has 1 fully saturated rings. The van der Waals surface area contributed by atoms with Gasteiger partial charge < -0.3 is 4.98 Å². The Kier molecular flexibility index (Phi) is 3.06. The van der Waals surface area contributed by atoms with Crippen LogP contribution in [0.2, 0.25) is 0 Å². The van der Waals surface area contributed by atoms with Crippen molar-refractivity contribution >= 4 is 22.8 Å². The summed E-state index contributed by atoms with van der Waals surface area (Å²) in [5.74, 6) is 3.15. The number of hydrogen-bond acceptors (Lipinski definition) is 3. The van der Waals surface area contributed by atoms with E-state index in [2.05, 4.69) is 42.5 Å². The van der Waals surface area contributed by atoms with Crippen LogP contribution in [0.15, 0.2) is 12.3 Å². The molecule has 2 atom stereocenters. The number of aromatic amines is 1. The van der Waals surface area contributed by atoms with E-state index in [1.165, 1.54) is 17.9 Å². The molecule has 2 aromatic rings. The molecular weight excluding hydrogens is 242 g/mol. The number of rotatable bonds is 3. The SMILES string of the molecule is CC(C)c1nc(C(C)C2CCS2)c2[nH]ccc2n1. The molecule has 3 heterocycles. The standard InChI is InChI=1S/C14H19N3S/c1-8(2)14-16-10-4-6-15-13(10)12(17-14)9(3)11-5-7-18-11/h4,6,8-9,11,15H,5,7H2,1-3H3. The van der Waals surface area contributed by atoms with Crippen molar-refractivity contribution in [3.8, 4) is 0 Å². The largest absolute Gasteiger partial charge is 0.358 e. The highest BCUT2D eigenvalue weighted by atomic mass is 32.2. The average Bonchev–Trinajstić information content (AvgIpc) is 2.72. The number of fused-ring (bicyclic) bond motifs is 1. The maximum atomic E-state index is 4.82. The second kappa shape index (κ2) is 4.57. The molecule has 0 spiro atoms. The van der Waals surface area contributed by atoms with E-state index in [9.17, 15) is 0 Å². The summed E-state index contributed by atoms with van der Waals surface area (Å²) in [5, 5.41) is 0.728. The van der Waals surface area contributed by atoms with E-state index in [-0.39, 0.29) is 0 Å². The Balaban J connectivity index is 2.09. The third kappa shape index (κ3) is 1.92. The van der Waals surface area contributed by atoms with Crippen molar-refractivity contribution in [1.29, 1.82) is 0 Å². The molecule has 0 aliphatic carbocycles. The molecule has 4 heteroatoms. The summed E-state index contributed by atoms with van der Waals surface area (Å²) in [6.45, 7) is 6.60. The number of aromatic nitrogens is 3. The Morgan fingerprint density at radius 3 is 2.72 bits per heavy atom. The number of thioether (sulfide) groups is 1. The van der Waals surface area contributed by atoms with Crippen LogP contribution in [0, 0.1) is 0 Å². The van der Waals surface area contributed by atoms with Gasteiger partial charge >= 0.3 is 0 Å². The predicted octanol–water partition coefficient (Wildman–Crippen LogP) is 3.69. The molecule has 0 amide bonds. The average molecular weight is 261 g/mol. The van der Waals surface area contributed by atoms with Gasteiger partial charge in [0.2, 0.25) is 0 Å². The summed E-state index contributed by atoms with van der Waals surface area (Å²) < 4.78 is 0. The minimum atomic E-state index is 0.379. The summed E-state index contributed by atoms with van der Waals surface area (Å²) in [6.07, 6.45) is 3.28. The first-order chi connectivity index (χ1) is 8.66. The van der Waals surface area contributed by atoms with E-state index >= 15 is 0 Å². The third-order valence-electron chi connectivity index (χ3n) is 3.69. The molecule has 0 radical (unpaired) electrons. The molecule has 1 aliphatic rings. The maximum Gasteiger partial charge on any atom is 0.131 e. The van der Waals surface area contributed by atoms with Gasteiger partial charge in [0.1, 0.15) is 5.82 Å². The van der Waals surface area contributed by atoms with Crippen LogP contribution in [-0.2, 0) is 0 Å². The molecule has 1 aliphatic heterocycles. The van der Waals surface area contributed by atoms with Gasteiger partial charge in [0.05, 0.1) is 16.7 Å². The molecule has 0 saturated carbocycles. The highest BCUT2D eigenvalue weighted by Gasteiger charge is 2.29. The van der Waals surface area contributed by atoms with Crippen molar-refractivity contribution in [3.63, 3.8) is 0 Å². The van der Waals surface area contributed by atoms with E-state index in [1.807, 2.05) is 12.3 Å². The molecule has 2 unspecified atom stereocenters. The molecule has 1 N–H and O–H groups in total. The summed E-state index contributed by atoms with van der Waals surface area (Å²) in [6, 6.07) is 2.05. The lowest BCUT2D eigenvalue weighted by Crippen LogP contribution is -2.23. The minimum Gasteiger partial charge on any atom is -0.358 e. The molecule has 0 bridgehead atoms. The van der Waals surface area contributed by atoms with Gasteiger partial charge in [-0.05, 0) is 18.2 Å². The van der Waals surface area contributed by atoms with Crippen LogP contribution >= 0.6 is 11.8 Å². The second-order valence-corrected chi connectivity index (χ2v) is 6.69. The van der Waals surface area contributed by atoms with Crippen LogP contribution in [0.5, 0.6) is 0 Å². The van der Waals surface area contributed by atoms with Gasteiger partial charge in [-0.2, -0.15) is 11.8 Å². The molecule has 2 aromatic heterocycles. The summed E-state index contributed by atoms with van der Waals surface area (Å²) in [5.41, 5.74) is 3.38. The zero-order chi connectivity index (χ0) is 12.7. The van der Waals surface area contributed by atoms with Gasteiger partial charge in [-0.1, -0.05) is 20.8 Å². The zero-order valence-corrected chi connectivity index (χ0v) is 11.9. The lowest BCUT2D eigenvalue weighted by atomic mass is 9.99. The van der Waals surface area contributed by atoms with Crippen LogP contribution in [-0.4, -0.2) is 26.0 Å². The van der Waals surface area contributed by atoms with Crippen LogP contribution in [0.3, 0.4) is 0 Å². The van der Waals surface area contributed by atoms with Crippen molar-refractivity contribution in [2.24, 2.45) is 0 Å². The monoisotopic (exact) mass is 261 g/mol. The topological polar surface area (TPSA) is 41.6 Å². The van der Waals surface area contributed by atoms with Crippen molar-refractivity contribution in [2.45, 2.75) is 44.3 Å². The summed E-state index contributed by atoms with van der Waals surface area (Å²) >= 11 is 2.06. The molecule has 96 valence electrons. The van der Waals surface area contributed by atoms with Crippen molar-refractivity contribution in [1.82, 2.24) is 15.0 Å². The zero-order valence-electron chi connectivity index (χ0n) is 11.1. The fraction of sp³-hybridized carbons (Fsp3) is 0.571. The van der Waals surface area contributed by atoms with Crippen LogP contribution in [0.4, 0.5) is 0 Å². The Morgan fingerprint density at radius 2 is 2.11 bits per heavy atom. The fourth-order valence-corrected chi connectivity index (χ4v) is 3.32. The smallest absolute Gasteiger partial charge is 0.131 e. The number of hydrogen-bond donors (Lipinski definition) is 1. The Hall–Kier alpha value is -1.03. The first-order valence-electron chi connectivity index (χ1n) is 6.63.